The van der Waals surface area contributed by atoms with Crippen molar-refractivity contribution in [3.05, 3.63) is 40.2 Å². The fraction of sp³-hybridized carbons (Fsp3) is 0.438. The Kier molecular flexibility index (Phi) is 4.25. The van der Waals surface area contributed by atoms with Crippen LogP contribution in [0.5, 0.6) is 0 Å². The number of benzene rings is 1. The van der Waals surface area contributed by atoms with E-state index in [1.54, 1.807) is 30.4 Å². The molecule has 2 nitrogen and oxygen atoms in total. The number of hydrogen-bond acceptors (Lipinski definition) is 3. The zero-order chi connectivity index (χ0) is 14.9. The standard InChI is InChI=1S/C16H21FN2S/c1-10-6-7-12(8-13(10)17)15-19-11(2)14(20-15)9-18-16(3,4)5/h6-8,18H,9H2,1-5H3. The van der Waals surface area contributed by atoms with Gasteiger partial charge in [0, 0.05) is 22.5 Å². The van der Waals surface area contributed by atoms with Gasteiger partial charge in [-0.1, -0.05) is 12.1 Å². The van der Waals surface area contributed by atoms with Gasteiger partial charge in [-0.25, -0.2) is 9.37 Å². The third-order valence-corrected chi connectivity index (χ3v) is 4.30. The van der Waals surface area contributed by atoms with Crippen LogP contribution in [0.1, 0.15) is 36.9 Å². The molecule has 2 rings (SSSR count). The molecule has 0 atom stereocenters. The summed E-state index contributed by atoms with van der Waals surface area (Å²) in [7, 11) is 0. The zero-order valence-electron chi connectivity index (χ0n) is 12.7. The van der Waals surface area contributed by atoms with Gasteiger partial charge in [-0.15, -0.1) is 11.3 Å². The summed E-state index contributed by atoms with van der Waals surface area (Å²) in [6, 6.07) is 5.29. The van der Waals surface area contributed by atoms with Crippen LogP contribution in [0.2, 0.25) is 0 Å². The maximum absolute atomic E-state index is 13.6. The molecule has 4 heteroatoms. The number of rotatable bonds is 3. The summed E-state index contributed by atoms with van der Waals surface area (Å²) in [5.74, 6) is -0.176. The van der Waals surface area contributed by atoms with Gasteiger partial charge in [0.1, 0.15) is 10.8 Å². The van der Waals surface area contributed by atoms with Gasteiger partial charge in [0.25, 0.3) is 0 Å². The number of nitrogens with zero attached hydrogens (tertiary/aromatic N) is 1. The van der Waals surface area contributed by atoms with Gasteiger partial charge in [-0.3, -0.25) is 0 Å². The first-order valence-corrected chi connectivity index (χ1v) is 7.56. The van der Waals surface area contributed by atoms with Crippen molar-refractivity contribution in [2.75, 3.05) is 0 Å². The van der Waals surface area contributed by atoms with E-state index >= 15 is 0 Å². The molecule has 0 amide bonds. The van der Waals surface area contributed by atoms with Crippen LogP contribution < -0.4 is 5.32 Å². The second kappa shape index (κ2) is 5.62. The average Bonchev–Trinajstić information content (AvgIpc) is 2.71. The molecule has 1 heterocycles. The molecule has 0 fully saturated rings. The Hall–Kier alpha value is -1.26. The Morgan fingerprint density at radius 1 is 1.25 bits per heavy atom. The quantitative estimate of drug-likeness (QED) is 0.903. The smallest absolute Gasteiger partial charge is 0.126 e. The molecule has 0 bridgehead atoms. The van der Waals surface area contributed by atoms with E-state index < -0.39 is 0 Å². The lowest BCUT2D eigenvalue weighted by Crippen LogP contribution is -2.34. The molecule has 0 aliphatic heterocycles. The topological polar surface area (TPSA) is 24.9 Å². The van der Waals surface area contributed by atoms with Crippen LogP contribution in [0.25, 0.3) is 10.6 Å². The van der Waals surface area contributed by atoms with Gasteiger partial charge < -0.3 is 5.32 Å². The Labute approximate surface area is 124 Å². The minimum atomic E-state index is -0.176. The zero-order valence-corrected chi connectivity index (χ0v) is 13.5. The van der Waals surface area contributed by atoms with Gasteiger partial charge in [-0.2, -0.15) is 0 Å². The highest BCUT2D eigenvalue weighted by Gasteiger charge is 2.14. The third kappa shape index (κ3) is 3.64. The van der Waals surface area contributed by atoms with Gasteiger partial charge in [0.15, 0.2) is 0 Å². The Morgan fingerprint density at radius 2 is 1.95 bits per heavy atom. The van der Waals surface area contributed by atoms with Crippen LogP contribution in [0.15, 0.2) is 18.2 Å². The van der Waals surface area contributed by atoms with Crippen LogP contribution in [0.4, 0.5) is 4.39 Å². The fourth-order valence-corrected chi connectivity index (χ4v) is 2.79. The van der Waals surface area contributed by atoms with Crippen molar-refractivity contribution in [3.8, 4) is 10.6 Å². The van der Waals surface area contributed by atoms with Crippen molar-refractivity contribution in [2.45, 2.75) is 46.7 Å². The highest BCUT2D eigenvalue weighted by atomic mass is 32.1. The van der Waals surface area contributed by atoms with Crippen LogP contribution in [-0.2, 0) is 6.54 Å². The van der Waals surface area contributed by atoms with Crippen molar-refractivity contribution in [1.82, 2.24) is 10.3 Å². The lowest BCUT2D eigenvalue weighted by atomic mass is 10.1. The fourth-order valence-electron chi connectivity index (χ4n) is 1.79. The highest BCUT2D eigenvalue weighted by molar-refractivity contribution is 7.15. The maximum atomic E-state index is 13.6. The number of aryl methyl sites for hydroxylation is 2. The number of hydrogen-bond donors (Lipinski definition) is 1. The predicted molar refractivity (Wildman–Crippen MR) is 83.6 cm³/mol. The number of aromatic nitrogens is 1. The summed E-state index contributed by atoms with van der Waals surface area (Å²) < 4.78 is 13.6. The number of nitrogens with one attached hydrogen (secondary N) is 1. The van der Waals surface area contributed by atoms with E-state index in [-0.39, 0.29) is 11.4 Å². The molecule has 0 saturated heterocycles. The molecule has 0 unspecified atom stereocenters. The van der Waals surface area contributed by atoms with Crippen molar-refractivity contribution in [3.63, 3.8) is 0 Å². The molecule has 108 valence electrons. The lowest BCUT2D eigenvalue weighted by Gasteiger charge is -2.19. The Bertz CT molecular complexity index is 611. The van der Waals surface area contributed by atoms with Gasteiger partial charge in [-0.05, 0) is 46.2 Å². The molecule has 0 aliphatic rings. The van der Waals surface area contributed by atoms with E-state index in [1.807, 2.05) is 13.0 Å². The SMILES string of the molecule is Cc1ccc(-c2nc(C)c(CNC(C)(C)C)s2)cc1F. The molecule has 1 N–H and O–H groups in total. The van der Waals surface area contributed by atoms with Gasteiger partial charge >= 0.3 is 0 Å². The van der Waals surface area contributed by atoms with Gasteiger partial charge in [0.05, 0.1) is 5.69 Å². The van der Waals surface area contributed by atoms with E-state index in [0.717, 1.165) is 22.8 Å². The normalized spacial score (nSPS) is 11.9. The van der Waals surface area contributed by atoms with Crippen LogP contribution in [-0.4, -0.2) is 10.5 Å². The van der Waals surface area contributed by atoms with Gasteiger partial charge in [0.2, 0.25) is 0 Å². The molecule has 20 heavy (non-hydrogen) atoms. The first kappa shape index (κ1) is 15.1. The first-order valence-electron chi connectivity index (χ1n) is 6.74. The Balaban J connectivity index is 2.24. The summed E-state index contributed by atoms with van der Waals surface area (Å²) in [6.07, 6.45) is 0. The summed E-state index contributed by atoms with van der Waals surface area (Å²) >= 11 is 1.63. The largest absolute Gasteiger partial charge is 0.307 e. The second-order valence-corrected chi connectivity index (χ2v) is 7.18. The number of halogens is 1. The van der Waals surface area contributed by atoms with Crippen LogP contribution >= 0.6 is 11.3 Å². The first-order chi connectivity index (χ1) is 9.26. The molecular formula is C16H21FN2S. The summed E-state index contributed by atoms with van der Waals surface area (Å²) in [4.78, 5) is 5.77. The monoisotopic (exact) mass is 292 g/mol. The van der Waals surface area contributed by atoms with E-state index in [2.05, 4.69) is 31.1 Å². The molecule has 0 spiro atoms. The van der Waals surface area contributed by atoms with E-state index in [9.17, 15) is 4.39 Å². The van der Waals surface area contributed by atoms with Crippen molar-refractivity contribution in [1.29, 1.82) is 0 Å². The van der Waals surface area contributed by atoms with Crippen molar-refractivity contribution < 1.29 is 4.39 Å². The van der Waals surface area contributed by atoms with Crippen molar-refractivity contribution in [2.24, 2.45) is 0 Å². The highest BCUT2D eigenvalue weighted by Crippen LogP contribution is 2.29. The minimum Gasteiger partial charge on any atom is -0.307 e. The Morgan fingerprint density at radius 3 is 2.55 bits per heavy atom. The molecule has 1 aromatic carbocycles. The molecule has 0 radical (unpaired) electrons. The van der Waals surface area contributed by atoms with Crippen LogP contribution in [0.3, 0.4) is 0 Å². The van der Waals surface area contributed by atoms with E-state index in [4.69, 9.17) is 0 Å². The molecule has 2 aromatic rings. The molecular weight excluding hydrogens is 271 g/mol. The summed E-state index contributed by atoms with van der Waals surface area (Å²) in [5.41, 5.74) is 2.61. The molecule has 1 aromatic heterocycles. The number of thiazole rings is 1. The second-order valence-electron chi connectivity index (χ2n) is 6.10. The van der Waals surface area contributed by atoms with Crippen LogP contribution in [0, 0.1) is 19.7 Å². The average molecular weight is 292 g/mol. The van der Waals surface area contributed by atoms with E-state index in [1.165, 1.54) is 4.88 Å². The molecule has 0 saturated carbocycles. The summed E-state index contributed by atoms with van der Waals surface area (Å²) in [5, 5.41) is 4.34. The van der Waals surface area contributed by atoms with E-state index in [0.29, 0.717) is 5.56 Å². The lowest BCUT2D eigenvalue weighted by molar-refractivity contribution is 0.425. The molecule has 0 aliphatic carbocycles. The predicted octanol–water partition coefficient (Wildman–Crippen LogP) is 4.45. The van der Waals surface area contributed by atoms with Crippen molar-refractivity contribution >= 4 is 11.3 Å². The maximum Gasteiger partial charge on any atom is 0.126 e. The minimum absolute atomic E-state index is 0.0760. The summed E-state index contributed by atoms with van der Waals surface area (Å²) in [6.45, 7) is 11.0. The third-order valence-electron chi connectivity index (χ3n) is 3.09.